The number of nitrogens with zero attached hydrogens (tertiary/aromatic N) is 2. The number of rotatable bonds is 3. The van der Waals surface area contributed by atoms with Crippen LogP contribution in [0, 0.1) is 0 Å². The van der Waals surface area contributed by atoms with Crippen molar-refractivity contribution >= 4 is 5.84 Å². The molecule has 10 heavy (non-hydrogen) atoms. The molecule has 0 bridgehead atoms. The zero-order valence-corrected chi connectivity index (χ0v) is 7.09. The van der Waals surface area contributed by atoms with E-state index in [-0.39, 0.29) is 0 Å². The molecular weight excluding hydrogens is 124 g/mol. The van der Waals surface area contributed by atoms with Gasteiger partial charge in [-0.3, -0.25) is 4.99 Å². The third-order valence-corrected chi connectivity index (χ3v) is 1.42. The summed E-state index contributed by atoms with van der Waals surface area (Å²) < 4.78 is 0. The minimum atomic E-state index is 0.876. The van der Waals surface area contributed by atoms with Gasteiger partial charge in [0.05, 0.1) is 5.84 Å². The van der Waals surface area contributed by atoms with E-state index in [1.165, 1.54) is 0 Å². The molecule has 0 atom stereocenters. The van der Waals surface area contributed by atoms with Crippen LogP contribution in [0.3, 0.4) is 0 Å². The standard InChI is InChI=1S/C8H16N2/c1-5-7-10(4)8(6-2)9-3/h5H,1,6-7H2,2-4H3. The summed E-state index contributed by atoms with van der Waals surface area (Å²) >= 11 is 0. The highest BCUT2D eigenvalue weighted by Gasteiger charge is 1.98. The summed E-state index contributed by atoms with van der Waals surface area (Å²) in [5, 5.41) is 0. The number of likely N-dealkylation sites (N-methyl/N-ethyl adjacent to an activating group) is 1. The second-order valence-corrected chi connectivity index (χ2v) is 2.16. The normalized spacial score (nSPS) is 11.3. The Labute approximate surface area is 63.3 Å². The molecular formula is C8H16N2. The second kappa shape index (κ2) is 5.03. The predicted octanol–water partition coefficient (Wildman–Crippen LogP) is 1.54. The van der Waals surface area contributed by atoms with Crippen LogP contribution in [0.15, 0.2) is 17.6 Å². The van der Waals surface area contributed by atoms with Crippen molar-refractivity contribution in [2.24, 2.45) is 4.99 Å². The molecule has 0 unspecified atom stereocenters. The fraction of sp³-hybridized carbons (Fsp3) is 0.625. The van der Waals surface area contributed by atoms with Crippen molar-refractivity contribution in [3.8, 4) is 0 Å². The molecule has 0 aromatic heterocycles. The first-order valence-corrected chi connectivity index (χ1v) is 3.54. The third-order valence-electron chi connectivity index (χ3n) is 1.42. The highest BCUT2D eigenvalue weighted by Crippen LogP contribution is 1.91. The van der Waals surface area contributed by atoms with E-state index in [2.05, 4.69) is 23.4 Å². The maximum Gasteiger partial charge on any atom is 0.0982 e. The summed E-state index contributed by atoms with van der Waals surface area (Å²) in [6.07, 6.45) is 2.86. The Balaban J connectivity index is 3.89. The van der Waals surface area contributed by atoms with E-state index in [4.69, 9.17) is 0 Å². The Morgan fingerprint density at radius 3 is 2.60 bits per heavy atom. The fourth-order valence-corrected chi connectivity index (χ4v) is 0.898. The van der Waals surface area contributed by atoms with Gasteiger partial charge in [-0.15, -0.1) is 6.58 Å². The van der Waals surface area contributed by atoms with Crippen LogP contribution in [-0.2, 0) is 0 Å². The SMILES string of the molecule is C=CCN(C)C(CC)=NC. The van der Waals surface area contributed by atoms with Crippen LogP contribution >= 0.6 is 0 Å². The van der Waals surface area contributed by atoms with Crippen LogP contribution in [0.25, 0.3) is 0 Å². The summed E-state index contributed by atoms with van der Waals surface area (Å²) in [6, 6.07) is 0. The van der Waals surface area contributed by atoms with Gasteiger partial charge in [0.25, 0.3) is 0 Å². The van der Waals surface area contributed by atoms with E-state index in [0.717, 1.165) is 18.8 Å². The Kier molecular flexibility index (Phi) is 4.63. The molecule has 0 saturated heterocycles. The Hall–Kier alpha value is -0.790. The van der Waals surface area contributed by atoms with Gasteiger partial charge < -0.3 is 4.90 Å². The van der Waals surface area contributed by atoms with Crippen LogP contribution in [0.2, 0.25) is 0 Å². The van der Waals surface area contributed by atoms with Gasteiger partial charge in [0.2, 0.25) is 0 Å². The van der Waals surface area contributed by atoms with Crippen LogP contribution in [0.4, 0.5) is 0 Å². The average Bonchev–Trinajstić information content (AvgIpc) is 1.91. The largest absolute Gasteiger partial charge is 0.360 e. The molecule has 0 aromatic rings. The van der Waals surface area contributed by atoms with Crippen LogP contribution in [0.5, 0.6) is 0 Å². The highest BCUT2D eigenvalue weighted by molar-refractivity contribution is 5.81. The molecule has 2 heteroatoms. The van der Waals surface area contributed by atoms with Crippen LogP contribution < -0.4 is 0 Å². The van der Waals surface area contributed by atoms with Gasteiger partial charge >= 0.3 is 0 Å². The summed E-state index contributed by atoms with van der Waals surface area (Å²) in [5.74, 6) is 1.12. The van der Waals surface area contributed by atoms with E-state index in [1.54, 1.807) is 0 Å². The second-order valence-electron chi connectivity index (χ2n) is 2.16. The molecule has 0 aliphatic carbocycles. The number of hydrogen-bond acceptors (Lipinski definition) is 1. The summed E-state index contributed by atoms with van der Waals surface area (Å²) in [6.45, 7) is 6.63. The molecule has 0 amide bonds. The molecule has 0 saturated carbocycles. The van der Waals surface area contributed by atoms with Crippen molar-refractivity contribution in [1.82, 2.24) is 4.90 Å². The van der Waals surface area contributed by atoms with Crippen molar-refractivity contribution in [1.29, 1.82) is 0 Å². The summed E-state index contributed by atoms with van der Waals surface area (Å²) in [4.78, 5) is 6.21. The molecule has 0 heterocycles. The minimum absolute atomic E-state index is 0.876. The first kappa shape index (κ1) is 9.21. The molecule has 0 fully saturated rings. The average molecular weight is 140 g/mol. The zero-order valence-electron chi connectivity index (χ0n) is 7.09. The van der Waals surface area contributed by atoms with E-state index in [1.807, 2.05) is 20.2 Å². The lowest BCUT2D eigenvalue weighted by Crippen LogP contribution is -2.25. The van der Waals surface area contributed by atoms with Gasteiger partial charge in [-0.1, -0.05) is 13.0 Å². The molecule has 0 rings (SSSR count). The molecule has 0 N–H and O–H groups in total. The molecule has 0 aliphatic heterocycles. The predicted molar refractivity (Wildman–Crippen MR) is 46.5 cm³/mol. The maximum atomic E-state index is 4.12. The first-order chi connectivity index (χ1) is 4.76. The number of hydrogen-bond donors (Lipinski definition) is 0. The van der Waals surface area contributed by atoms with Crippen molar-refractivity contribution in [3.63, 3.8) is 0 Å². The van der Waals surface area contributed by atoms with Gasteiger partial charge in [-0.25, -0.2) is 0 Å². The summed E-state index contributed by atoms with van der Waals surface area (Å²) in [5.41, 5.74) is 0. The third kappa shape index (κ3) is 2.67. The monoisotopic (exact) mass is 140 g/mol. The fourth-order valence-electron chi connectivity index (χ4n) is 0.898. The molecule has 0 radical (unpaired) electrons. The molecule has 0 spiro atoms. The van der Waals surface area contributed by atoms with Gasteiger partial charge in [-0.05, 0) is 0 Å². The maximum absolute atomic E-state index is 4.12. The molecule has 0 aliphatic rings. The Bertz CT molecular complexity index is 127. The van der Waals surface area contributed by atoms with Gasteiger partial charge in [0.15, 0.2) is 0 Å². The van der Waals surface area contributed by atoms with Gasteiger partial charge in [0.1, 0.15) is 0 Å². The van der Waals surface area contributed by atoms with Crippen LogP contribution in [-0.4, -0.2) is 31.4 Å². The first-order valence-electron chi connectivity index (χ1n) is 3.54. The lowest BCUT2D eigenvalue weighted by Gasteiger charge is -2.17. The zero-order chi connectivity index (χ0) is 7.98. The number of amidine groups is 1. The lowest BCUT2D eigenvalue weighted by atomic mass is 10.4. The van der Waals surface area contributed by atoms with E-state index < -0.39 is 0 Å². The van der Waals surface area contributed by atoms with E-state index in [0.29, 0.717) is 0 Å². The highest BCUT2D eigenvalue weighted by atomic mass is 15.1. The minimum Gasteiger partial charge on any atom is -0.360 e. The quantitative estimate of drug-likeness (QED) is 0.330. The Morgan fingerprint density at radius 2 is 2.30 bits per heavy atom. The van der Waals surface area contributed by atoms with Crippen molar-refractivity contribution in [3.05, 3.63) is 12.7 Å². The Morgan fingerprint density at radius 1 is 1.70 bits per heavy atom. The van der Waals surface area contributed by atoms with Gasteiger partial charge in [-0.2, -0.15) is 0 Å². The topological polar surface area (TPSA) is 15.6 Å². The van der Waals surface area contributed by atoms with Crippen molar-refractivity contribution in [2.75, 3.05) is 20.6 Å². The molecule has 58 valence electrons. The smallest absolute Gasteiger partial charge is 0.0982 e. The van der Waals surface area contributed by atoms with Crippen LogP contribution in [0.1, 0.15) is 13.3 Å². The molecule has 0 aromatic carbocycles. The van der Waals surface area contributed by atoms with Gasteiger partial charge in [0, 0.05) is 27.1 Å². The summed E-state index contributed by atoms with van der Waals surface area (Å²) in [7, 11) is 3.84. The number of aliphatic imine (C=N–C) groups is 1. The van der Waals surface area contributed by atoms with E-state index in [9.17, 15) is 0 Å². The van der Waals surface area contributed by atoms with E-state index >= 15 is 0 Å². The lowest BCUT2D eigenvalue weighted by molar-refractivity contribution is 0.551. The molecule has 2 nitrogen and oxygen atoms in total. The van der Waals surface area contributed by atoms with Crippen molar-refractivity contribution < 1.29 is 0 Å². The van der Waals surface area contributed by atoms with Crippen molar-refractivity contribution in [2.45, 2.75) is 13.3 Å².